The van der Waals surface area contributed by atoms with Gasteiger partial charge in [0, 0.05) is 12.6 Å². The van der Waals surface area contributed by atoms with E-state index in [4.69, 9.17) is 0 Å². The van der Waals surface area contributed by atoms with E-state index in [9.17, 15) is 17.6 Å². The van der Waals surface area contributed by atoms with Gasteiger partial charge >= 0.3 is 0 Å². The number of benzene rings is 1. The summed E-state index contributed by atoms with van der Waals surface area (Å²) >= 11 is 0. The summed E-state index contributed by atoms with van der Waals surface area (Å²) < 4.78 is 55.2. The molecule has 2 atom stereocenters. The van der Waals surface area contributed by atoms with Crippen molar-refractivity contribution in [2.75, 3.05) is 18.4 Å². The van der Waals surface area contributed by atoms with Gasteiger partial charge in [-0.2, -0.15) is 0 Å². The minimum atomic E-state index is -1.49. The first kappa shape index (κ1) is 18.6. The maximum absolute atomic E-state index is 14.4. The SMILES string of the molecule is CCc1ncnc(NC2CCN(CC)C2c2cc(F)c(F)c(F)c2)c1F. The molecule has 0 spiro atoms. The molecule has 1 aromatic heterocycles. The van der Waals surface area contributed by atoms with Crippen molar-refractivity contribution in [3.63, 3.8) is 0 Å². The van der Waals surface area contributed by atoms with Crippen molar-refractivity contribution in [1.29, 1.82) is 0 Å². The number of halogens is 4. The zero-order valence-corrected chi connectivity index (χ0v) is 14.6. The van der Waals surface area contributed by atoms with Crippen LogP contribution in [0.4, 0.5) is 23.4 Å². The number of aromatic nitrogens is 2. The van der Waals surface area contributed by atoms with Crippen LogP contribution in [0, 0.1) is 23.3 Å². The Bertz CT molecular complexity index is 776. The molecule has 1 aliphatic rings. The van der Waals surface area contributed by atoms with Gasteiger partial charge in [-0.1, -0.05) is 13.8 Å². The number of likely N-dealkylation sites (N-methyl/N-ethyl adjacent to an activating group) is 1. The van der Waals surface area contributed by atoms with E-state index in [-0.39, 0.29) is 11.9 Å². The summed E-state index contributed by atoms with van der Waals surface area (Å²) in [6.07, 6.45) is 2.33. The zero-order valence-electron chi connectivity index (χ0n) is 14.6. The average Bonchev–Trinajstić information content (AvgIpc) is 3.03. The quantitative estimate of drug-likeness (QED) is 0.643. The number of rotatable bonds is 5. The number of hydrogen-bond acceptors (Lipinski definition) is 4. The molecule has 4 nitrogen and oxygen atoms in total. The molecule has 1 saturated heterocycles. The maximum atomic E-state index is 14.4. The molecule has 0 aliphatic carbocycles. The van der Waals surface area contributed by atoms with Gasteiger partial charge in [-0.25, -0.2) is 27.5 Å². The van der Waals surface area contributed by atoms with Crippen molar-refractivity contribution >= 4 is 5.82 Å². The van der Waals surface area contributed by atoms with Gasteiger partial charge < -0.3 is 5.32 Å². The summed E-state index contributed by atoms with van der Waals surface area (Å²) in [5.74, 6) is -4.42. The van der Waals surface area contributed by atoms with Crippen molar-refractivity contribution in [3.05, 3.63) is 53.0 Å². The Kier molecular flexibility index (Phi) is 5.41. The molecule has 1 N–H and O–H groups in total. The summed E-state index contributed by atoms with van der Waals surface area (Å²) in [5, 5.41) is 3.04. The molecule has 0 amide bonds. The Balaban J connectivity index is 1.94. The van der Waals surface area contributed by atoms with Gasteiger partial charge in [0.15, 0.2) is 29.1 Å². The molecule has 2 aromatic rings. The van der Waals surface area contributed by atoms with Crippen molar-refractivity contribution in [3.8, 4) is 0 Å². The van der Waals surface area contributed by atoms with Gasteiger partial charge in [0.1, 0.15) is 6.33 Å². The first-order valence-electron chi connectivity index (χ1n) is 8.60. The van der Waals surface area contributed by atoms with E-state index in [1.54, 1.807) is 6.92 Å². The number of likely N-dealkylation sites (tertiary alicyclic amines) is 1. The van der Waals surface area contributed by atoms with Crippen LogP contribution in [0.25, 0.3) is 0 Å². The van der Waals surface area contributed by atoms with Crippen molar-refractivity contribution in [2.24, 2.45) is 0 Å². The fraction of sp³-hybridized carbons (Fsp3) is 0.444. The van der Waals surface area contributed by atoms with E-state index in [2.05, 4.69) is 15.3 Å². The number of aryl methyl sites for hydroxylation is 1. The van der Waals surface area contributed by atoms with Crippen LogP contribution in [0.3, 0.4) is 0 Å². The normalized spacial score (nSPS) is 20.5. The van der Waals surface area contributed by atoms with E-state index >= 15 is 0 Å². The topological polar surface area (TPSA) is 41.1 Å². The van der Waals surface area contributed by atoms with Gasteiger partial charge in [-0.3, -0.25) is 4.90 Å². The van der Waals surface area contributed by atoms with Crippen LogP contribution in [-0.4, -0.2) is 34.0 Å². The summed E-state index contributed by atoms with van der Waals surface area (Å²) in [7, 11) is 0. The minimum absolute atomic E-state index is 0.0628. The molecule has 0 saturated carbocycles. The average molecular weight is 368 g/mol. The second-order valence-electron chi connectivity index (χ2n) is 6.25. The van der Waals surface area contributed by atoms with E-state index in [1.807, 2.05) is 11.8 Å². The minimum Gasteiger partial charge on any atom is -0.363 e. The summed E-state index contributed by atoms with van der Waals surface area (Å²) in [6.45, 7) is 5.01. The van der Waals surface area contributed by atoms with Crippen molar-refractivity contribution < 1.29 is 17.6 Å². The summed E-state index contributed by atoms with van der Waals surface area (Å²) in [5.41, 5.74) is 0.603. The maximum Gasteiger partial charge on any atom is 0.194 e. The lowest BCUT2D eigenvalue weighted by Crippen LogP contribution is -2.32. The highest BCUT2D eigenvalue weighted by Gasteiger charge is 2.36. The lowest BCUT2D eigenvalue weighted by Gasteiger charge is -2.28. The third-order valence-electron chi connectivity index (χ3n) is 4.77. The highest BCUT2D eigenvalue weighted by atomic mass is 19.2. The third-order valence-corrected chi connectivity index (χ3v) is 4.77. The van der Waals surface area contributed by atoms with Crippen LogP contribution >= 0.6 is 0 Å². The monoisotopic (exact) mass is 368 g/mol. The Morgan fingerprint density at radius 1 is 1.08 bits per heavy atom. The van der Waals surface area contributed by atoms with Crippen molar-refractivity contribution in [2.45, 2.75) is 38.8 Å². The fourth-order valence-corrected chi connectivity index (χ4v) is 3.48. The Hall–Kier alpha value is -2.22. The number of hydrogen-bond donors (Lipinski definition) is 1. The van der Waals surface area contributed by atoms with Gasteiger partial charge in [-0.15, -0.1) is 0 Å². The number of nitrogens with one attached hydrogen (secondary N) is 1. The number of anilines is 1. The molecule has 1 aromatic carbocycles. The third kappa shape index (κ3) is 3.38. The molecule has 2 unspecified atom stereocenters. The molecular formula is C18H20F4N4. The second-order valence-corrected chi connectivity index (χ2v) is 6.25. The smallest absolute Gasteiger partial charge is 0.194 e. The van der Waals surface area contributed by atoms with Gasteiger partial charge in [0.05, 0.1) is 11.7 Å². The molecule has 2 heterocycles. The van der Waals surface area contributed by atoms with Gasteiger partial charge in [-0.05, 0) is 37.1 Å². The van der Waals surface area contributed by atoms with E-state index < -0.39 is 29.3 Å². The molecule has 1 fully saturated rings. The van der Waals surface area contributed by atoms with Crippen LogP contribution in [0.5, 0.6) is 0 Å². The van der Waals surface area contributed by atoms with Crippen LogP contribution in [0.2, 0.25) is 0 Å². The first-order chi connectivity index (χ1) is 12.5. The molecule has 8 heteroatoms. The van der Waals surface area contributed by atoms with Gasteiger partial charge in [0.2, 0.25) is 0 Å². The van der Waals surface area contributed by atoms with Crippen molar-refractivity contribution in [1.82, 2.24) is 14.9 Å². The predicted octanol–water partition coefficient (Wildman–Crippen LogP) is 3.84. The van der Waals surface area contributed by atoms with Crippen LogP contribution in [0.15, 0.2) is 18.5 Å². The largest absolute Gasteiger partial charge is 0.363 e. The highest BCUT2D eigenvalue weighted by Crippen LogP contribution is 2.35. The Morgan fingerprint density at radius 2 is 1.77 bits per heavy atom. The molecule has 3 rings (SSSR count). The van der Waals surface area contributed by atoms with E-state index in [0.29, 0.717) is 37.2 Å². The predicted molar refractivity (Wildman–Crippen MR) is 89.7 cm³/mol. The second kappa shape index (κ2) is 7.57. The molecule has 26 heavy (non-hydrogen) atoms. The fourth-order valence-electron chi connectivity index (χ4n) is 3.48. The van der Waals surface area contributed by atoms with Crippen LogP contribution in [-0.2, 0) is 6.42 Å². The van der Waals surface area contributed by atoms with Crippen LogP contribution in [0.1, 0.15) is 37.6 Å². The highest BCUT2D eigenvalue weighted by molar-refractivity contribution is 5.40. The Labute approximate surface area is 149 Å². The van der Waals surface area contributed by atoms with E-state index in [0.717, 1.165) is 12.1 Å². The first-order valence-corrected chi connectivity index (χ1v) is 8.60. The number of nitrogens with zero attached hydrogens (tertiary/aromatic N) is 3. The molecule has 0 radical (unpaired) electrons. The summed E-state index contributed by atoms with van der Waals surface area (Å²) in [4.78, 5) is 9.85. The van der Waals surface area contributed by atoms with Crippen LogP contribution < -0.4 is 5.32 Å². The standard InChI is InChI=1S/C18H20F4N4/c1-3-13-16(22)18(24-9-23-13)25-14-5-6-26(4-2)17(14)10-7-11(19)15(21)12(20)8-10/h7-9,14,17H,3-6H2,1-2H3,(H,23,24,25). The lowest BCUT2D eigenvalue weighted by molar-refractivity contribution is 0.263. The molecular weight excluding hydrogens is 348 g/mol. The summed E-state index contributed by atoms with van der Waals surface area (Å²) in [6, 6.07) is 1.25. The lowest BCUT2D eigenvalue weighted by atomic mass is 9.99. The molecule has 140 valence electrons. The van der Waals surface area contributed by atoms with Gasteiger partial charge in [0.25, 0.3) is 0 Å². The Morgan fingerprint density at radius 3 is 2.38 bits per heavy atom. The molecule has 1 aliphatic heterocycles. The molecule has 0 bridgehead atoms. The van der Waals surface area contributed by atoms with E-state index in [1.165, 1.54) is 6.33 Å². The zero-order chi connectivity index (χ0) is 18.8.